The molecule has 1 saturated heterocycles. The molecule has 136 valence electrons. The smallest absolute Gasteiger partial charge is 0.339 e. The Hall–Kier alpha value is -3.16. The first-order valence-electron chi connectivity index (χ1n) is 8.40. The molecule has 1 fully saturated rings. The van der Waals surface area contributed by atoms with Crippen LogP contribution in [0, 0.1) is 0 Å². The van der Waals surface area contributed by atoms with Crippen molar-refractivity contribution in [3.8, 4) is 0 Å². The molecule has 0 saturated carbocycles. The van der Waals surface area contributed by atoms with Gasteiger partial charge in [0.25, 0.3) is 0 Å². The van der Waals surface area contributed by atoms with Gasteiger partial charge in [-0.05, 0) is 18.2 Å². The maximum Gasteiger partial charge on any atom is 0.339 e. The van der Waals surface area contributed by atoms with Crippen LogP contribution < -0.4 is 10.2 Å². The summed E-state index contributed by atoms with van der Waals surface area (Å²) >= 11 is 0. The van der Waals surface area contributed by atoms with Crippen molar-refractivity contribution in [3.05, 3.63) is 48.3 Å². The second-order valence-corrected chi connectivity index (χ2v) is 5.81. The first-order chi connectivity index (χ1) is 12.7. The third kappa shape index (κ3) is 4.08. The molecule has 8 heteroatoms. The largest absolute Gasteiger partial charge is 0.465 e. The molecule has 1 aromatic heterocycles. The number of nitrogens with one attached hydrogen (secondary N) is 1. The van der Waals surface area contributed by atoms with Crippen molar-refractivity contribution in [3.63, 3.8) is 0 Å². The molecule has 1 aromatic carbocycles. The zero-order valence-corrected chi connectivity index (χ0v) is 14.6. The van der Waals surface area contributed by atoms with Gasteiger partial charge >= 0.3 is 5.97 Å². The Labute approximate surface area is 151 Å². The molecule has 1 aliphatic rings. The van der Waals surface area contributed by atoms with Crippen LogP contribution in [-0.4, -0.2) is 66.6 Å². The van der Waals surface area contributed by atoms with Crippen LogP contribution in [0.15, 0.2) is 42.7 Å². The number of methoxy groups -OCH3 is 1. The second-order valence-electron chi connectivity index (χ2n) is 5.81. The van der Waals surface area contributed by atoms with Crippen LogP contribution in [0.25, 0.3) is 0 Å². The van der Waals surface area contributed by atoms with Gasteiger partial charge in [0, 0.05) is 44.3 Å². The van der Waals surface area contributed by atoms with Crippen molar-refractivity contribution in [2.75, 3.05) is 50.1 Å². The number of hydrogen-bond donors (Lipinski definition) is 1. The number of rotatable bonds is 5. The molecule has 3 rings (SSSR count). The molecule has 1 N–H and O–H groups in total. The summed E-state index contributed by atoms with van der Waals surface area (Å²) in [7, 11) is 1.33. The van der Waals surface area contributed by atoms with E-state index in [1.54, 1.807) is 47.6 Å². The summed E-state index contributed by atoms with van der Waals surface area (Å²) in [5, 5.41) is 3.04. The number of benzene rings is 1. The predicted molar refractivity (Wildman–Crippen MR) is 97.1 cm³/mol. The first kappa shape index (κ1) is 17.7. The molecular weight excluding hydrogens is 334 g/mol. The molecular formula is C18H21N5O3. The number of ether oxygens (including phenoxy) is 1. The number of piperazine rings is 1. The maximum absolute atomic E-state index is 12.5. The Balaban J connectivity index is 1.53. The van der Waals surface area contributed by atoms with Crippen molar-refractivity contribution in [1.29, 1.82) is 0 Å². The van der Waals surface area contributed by atoms with E-state index in [2.05, 4.69) is 20.2 Å². The Morgan fingerprint density at radius 3 is 2.46 bits per heavy atom. The fourth-order valence-corrected chi connectivity index (χ4v) is 2.82. The second kappa shape index (κ2) is 8.28. The van der Waals surface area contributed by atoms with Crippen molar-refractivity contribution in [1.82, 2.24) is 14.9 Å². The van der Waals surface area contributed by atoms with Gasteiger partial charge in [-0.25, -0.2) is 14.8 Å². The summed E-state index contributed by atoms with van der Waals surface area (Å²) in [6, 6.07) is 8.75. The van der Waals surface area contributed by atoms with Gasteiger partial charge in [-0.15, -0.1) is 0 Å². The number of nitrogens with zero attached hydrogens (tertiary/aromatic N) is 4. The SMILES string of the molecule is COC(=O)c1ccccc1NCC(=O)N1CCN(c2ncccn2)CC1. The van der Waals surface area contributed by atoms with Crippen LogP contribution in [0.1, 0.15) is 10.4 Å². The van der Waals surface area contributed by atoms with Gasteiger partial charge in [0.2, 0.25) is 11.9 Å². The number of carbonyl (C=O) groups is 2. The first-order valence-corrected chi connectivity index (χ1v) is 8.40. The van der Waals surface area contributed by atoms with Gasteiger partial charge in [-0.3, -0.25) is 4.79 Å². The van der Waals surface area contributed by atoms with Crippen LogP contribution >= 0.6 is 0 Å². The van der Waals surface area contributed by atoms with Crippen molar-refractivity contribution in [2.45, 2.75) is 0 Å². The molecule has 26 heavy (non-hydrogen) atoms. The van der Waals surface area contributed by atoms with E-state index in [0.29, 0.717) is 43.4 Å². The lowest BCUT2D eigenvalue weighted by molar-refractivity contribution is -0.129. The normalized spacial score (nSPS) is 14.0. The van der Waals surface area contributed by atoms with E-state index in [0.717, 1.165) is 0 Å². The molecule has 1 amide bonds. The number of aromatic nitrogens is 2. The zero-order valence-electron chi connectivity index (χ0n) is 14.6. The van der Waals surface area contributed by atoms with Gasteiger partial charge < -0.3 is 19.9 Å². The van der Waals surface area contributed by atoms with Gasteiger partial charge in [0.05, 0.1) is 19.2 Å². The fraction of sp³-hybridized carbons (Fsp3) is 0.333. The van der Waals surface area contributed by atoms with Gasteiger partial charge in [-0.2, -0.15) is 0 Å². The Morgan fingerprint density at radius 1 is 1.08 bits per heavy atom. The van der Waals surface area contributed by atoms with Gasteiger partial charge in [0.15, 0.2) is 0 Å². The number of hydrogen-bond acceptors (Lipinski definition) is 7. The summed E-state index contributed by atoms with van der Waals surface area (Å²) in [6.07, 6.45) is 3.42. The Bertz CT molecular complexity index is 760. The lowest BCUT2D eigenvalue weighted by Gasteiger charge is -2.34. The van der Waals surface area contributed by atoms with Crippen molar-refractivity contribution in [2.24, 2.45) is 0 Å². The number of esters is 1. The number of para-hydroxylation sites is 1. The fourth-order valence-electron chi connectivity index (χ4n) is 2.82. The minimum atomic E-state index is -0.433. The summed E-state index contributed by atoms with van der Waals surface area (Å²) in [5.74, 6) is 0.236. The van der Waals surface area contributed by atoms with E-state index >= 15 is 0 Å². The van der Waals surface area contributed by atoms with Crippen LogP contribution in [0.4, 0.5) is 11.6 Å². The van der Waals surface area contributed by atoms with Crippen LogP contribution in [0.3, 0.4) is 0 Å². The van der Waals surface area contributed by atoms with Gasteiger partial charge in [-0.1, -0.05) is 12.1 Å². The third-order valence-electron chi connectivity index (χ3n) is 4.23. The highest BCUT2D eigenvalue weighted by atomic mass is 16.5. The van der Waals surface area contributed by atoms with Crippen molar-refractivity contribution < 1.29 is 14.3 Å². The molecule has 2 heterocycles. The summed E-state index contributed by atoms with van der Waals surface area (Å²) in [4.78, 5) is 36.6. The summed E-state index contributed by atoms with van der Waals surface area (Å²) < 4.78 is 4.76. The molecule has 1 aliphatic heterocycles. The molecule has 8 nitrogen and oxygen atoms in total. The molecule has 0 bridgehead atoms. The monoisotopic (exact) mass is 355 g/mol. The lowest BCUT2D eigenvalue weighted by Crippen LogP contribution is -2.50. The van der Waals surface area contributed by atoms with E-state index in [4.69, 9.17) is 4.74 Å². The predicted octanol–water partition coefficient (Wildman–Crippen LogP) is 1.02. The molecule has 0 spiro atoms. The molecule has 0 atom stereocenters. The van der Waals surface area contributed by atoms with Crippen LogP contribution in [-0.2, 0) is 9.53 Å². The van der Waals surface area contributed by atoms with E-state index in [1.165, 1.54) is 7.11 Å². The maximum atomic E-state index is 12.5. The summed E-state index contributed by atoms with van der Waals surface area (Å²) in [5.41, 5.74) is 0.998. The third-order valence-corrected chi connectivity index (χ3v) is 4.23. The minimum absolute atomic E-state index is 0.0155. The number of carbonyl (C=O) groups excluding carboxylic acids is 2. The van der Waals surface area contributed by atoms with Crippen molar-refractivity contribution >= 4 is 23.5 Å². The van der Waals surface area contributed by atoms with Crippen LogP contribution in [0.5, 0.6) is 0 Å². The highest BCUT2D eigenvalue weighted by Crippen LogP contribution is 2.16. The van der Waals surface area contributed by atoms with Gasteiger partial charge in [0.1, 0.15) is 0 Å². The van der Waals surface area contributed by atoms with Crippen LogP contribution in [0.2, 0.25) is 0 Å². The molecule has 0 aliphatic carbocycles. The number of anilines is 2. The molecule has 0 unspecified atom stereocenters. The standard InChI is InChI=1S/C18H21N5O3/c1-26-17(25)14-5-2-3-6-15(14)21-13-16(24)22-9-11-23(12-10-22)18-19-7-4-8-20-18/h2-8,21H,9-13H2,1H3. The average molecular weight is 355 g/mol. The quantitative estimate of drug-likeness (QED) is 0.801. The topological polar surface area (TPSA) is 87.7 Å². The minimum Gasteiger partial charge on any atom is -0.465 e. The molecule has 0 radical (unpaired) electrons. The van der Waals surface area contributed by atoms with E-state index in [-0.39, 0.29) is 12.5 Å². The Morgan fingerprint density at radius 2 is 1.77 bits per heavy atom. The highest BCUT2D eigenvalue weighted by Gasteiger charge is 2.22. The van der Waals surface area contributed by atoms with E-state index < -0.39 is 5.97 Å². The lowest BCUT2D eigenvalue weighted by atomic mass is 10.2. The highest BCUT2D eigenvalue weighted by molar-refractivity contribution is 5.96. The Kier molecular flexibility index (Phi) is 5.62. The molecule has 2 aromatic rings. The number of amides is 1. The van der Waals surface area contributed by atoms with E-state index in [1.807, 2.05) is 0 Å². The average Bonchev–Trinajstić information content (AvgIpc) is 2.72. The van der Waals surface area contributed by atoms with E-state index in [9.17, 15) is 9.59 Å². The zero-order chi connectivity index (χ0) is 18.4. The summed E-state index contributed by atoms with van der Waals surface area (Å²) in [6.45, 7) is 2.72.